The Morgan fingerprint density at radius 2 is 2.00 bits per heavy atom. The Bertz CT molecular complexity index is 795. The van der Waals surface area contributed by atoms with Gasteiger partial charge in [0.1, 0.15) is 17.4 Å². The highest BCUT2D eigenvalue weighted by molar-refractivity contribution is 5.95. The van der Waals surface area contributed by atoms with Crippen LogP contribution < -0.4 is 10.1 Å². The Kier molecular flexibility index (Phi) is 4.99. The molecule has 0 saturated carbocycles. The van der Waals surface area contributed by atoms with Gasteiger partial charge < -0.3 is 15.0 Å². The summed E-state index contributed by atoms with van der Waals surface area (Å²) in [5.41, 5.74) is 0.642. The van der Waals surface area contributed by atoms with Gasteiger partial charge in [-0.1, -0.05) is 6.07 Å². The van der Waals surface area contributed by atoms with E-state index in [-0.39, 0.29) is 23.1 Å². The van der Waals surface area contributed by atoms with Gasteiger partial charge in [-0.3, -0.25) is 4.79 Å². The summed E-state index contributed by atoms with van der Waals surface area (Å²) < 4.78 is 33.7. The van der Waals surface area contributed by atoms with Gasteiger partial charge in [0.15, 0.2) is 0 Å². The molecule has 6 heteroatoms. The third-order valence-corrected chi connectivity index (χ3v) is 4.45. The van der Waals surface area contributed by atoms with E-state index < -0.39 is 11.6 Å². The summed E-state index contributed by atoms with van der Waals surface area (Å²) in [6, 6.07) is 8.57. The van der Waals surface area contributed by atoms with Crippen molar-refractivity contribution in [3.8, 4) is 16.9 Å². The zero-order chi connectivity index (χ0) is 18.0. The lowest BCUT2D eigenvalue weighted by Gasteiger charge is -2.34. The molecule has 0 radical (unpaired) electrons. The second kappa shape index (κ2) is 7.19. The van der Waals surface area contributed by atoms with Crippen molar-refractivity contribution in [2.24, 2.45) is 0 Å². The van der Waals surface area contributed by atoms with Gasteiger partial charge in [-0.2, -0.15) is 0 Å². The molecule has 132 valence electrons. The van der Waals surface area contributed by atoms with E-state index >= 15 is 0 Å². The maximum atomic E-state index is 14.5. The summed E-state index contributed by atoms with van der Waals surface area (Å²) in [5, 5.41) is 3.19. The van der Waals surface area contributed by atoms with Gasteiger partial charge in [0.25, 0.3) is 5.91 Å². The van der Waals surface area contributed by atoms with Crippen LogP contribution in [-0.2, 0) is 0 Å². The van der Waals surface area contributed by atoms with Crippen LogP contribution in [0.5, 0.6) is 5.75 Å². The molecule has 0 aliphatic carbocycles. The summed E-state index contributed by atoms with van der Waals surface area (Å²) >= 11 is 0. The van der Waals surface area contributed by atoms with E-state index in [1.165, 1.54) is 31.4 Å². The molecule has 25 heavy (non-hydrogen) atoms. The summed E-state index contributed by atoms with van der Waals surface area (Å²) in [4.78, 5) is 14.3. The van der Waals surface area contributed by atoms with Crippen LogP contribution >= 0.6 is 0 Å². The fraction of sp³-hybridized carbons (Fsp3) is 0.316. The van der Waals surface area contributed by atoms with Gasteiger partial charge in [0.05, 0.1) is 12.7 Å². The molecule has 0 aromatic heterocycles. The third kappa shape index (κ3) is 3.49. The van der Waals surface area contributed by atoms with Crippen molar-refractivity contribution in [3.05, 3.63) is 53.6 Å². The summed E-state index contributed by atoms with van der Waals surface area (Å²) in [7, 11) is 1.45. The molecule has 1 saturated heterocycles. The number of benzene rings is 2. The maximum absolute atomic E-state index is 14.5. The van der Waals surface area contributed by atoms with E-state index in [1.807, 2.05) is 6.92 Å². The first-order chi connectivity index (χ1) is 12.0. The molecular formula is C19H20F2N2O2. The van der Waals surface area contributed by atoms with E-state index in [0.717, 1.165) is 0 Å². The molecule has 0 unspecified atom stereocenters. The van der Waals surface area contributed by atoms with Crippen molar-refractivity contribution in [1.82, 2.24) is 10.2 Å². The number of amides is 1. The monoisotopic (exact) mass is 346 g/mol. The van der Waals surface area contributed by atoms with Gasteiger partial charge in [-0.05, 0) is 36.8 Å². The van der Waals surface area contributed by atoms with Gasteiger partial charge in [0, 0.05) is 37.3 Å². The number of hydrogen-bond donors (Lipinski definition) is 1. The molecule has 4 nitrogen and oxygen atoms in total. The first-order valence-corrected chi connectivity index (χ1v) is 8.16. The second-order valence-electron chi connectivity index (χ2n) is 6.09. The molecule has 1 aliphatic heterocycles. The predicted octanol–water partition coefficient (Wildman–Crippen LogP) is 3.07. The molecule has 1 aliphatic rings. The molecule has 1 N–H and O–H groups in total. The standard InChI is InChI=1S/C19H20F2N2O2/c1-12-11-22-7-8-23(12)19(24)16-5-3-13(9-17(16)20)15-6-4-14(25-2)10-18(15)21/h3-6,9-10,12,22H,7-8,11H2,1-2H3/t12-/m1/s1. The Hall–Kier alpha value is -2.47. The maximum Gasteiger partial charge on any atom is 0.257 e. The predicted molar refractivity (Wildman–Crippen MR) is 91.7 cm³/mol. The third-order valence-electron chi connectivity index (χ3n) is 4.45. The Balaban J connectivity index is 1.89. The Labute approximate surface area is 145 Å². The number of piperazine rings is 1. The zero-order valence-electron chi connectivity index (χ0n) is 14.2. The fourth-order valence-electron chi connectivity index (χ4n) is 3.01. The van der Waals surface area contributed by atoms with E-state index in [1.54, 1.807) is 17.0 Å². The second-order valence-corrected chi connectivity index (χ2v) is 6.09. The number of hydrogen-bond acceptors (Lipinski definition) is 3. The van der Waals surface area contributed by atoms with Gasteiger partial charge in [-0.15, -0.1) is 0 Å². The van der Waals surface area contributed by atoms with Crippen LogP contribution in [0.4, 0.5) is 8.78 Å². The highest BCUT2D eigenvalue weighted by Crippen LogP contribution is 2.28. The number of carbonyl (C=O) groups is 1. The Morgan fingerprint density at radius 1 is 1.20 bits per heavy atom. The van der Waals surface area contributed by atoms with Crippen LogP contribution in [0.25, 0.3) is 11.1 Å². The van der Waals surface area contributed by atoms with Crippen LogP contribution in [-0.4, -0.2) is 43.6 Å². The molecule has 1 fully saturated rings. The number of nitrogens with one attached hydrogen (secondary N) is 1. The van der Waals surface area contributed by atoms with Crippen molar-refractivity contribution in [1.29, 1.82) is 0 Å². The SMILES string of the molecule is COc1ccc(-c2ccc(C(=O)N3CCNC[C@H]3C)c(F)c2)c(F)c1. The lowest BCUT2D eigenvalue weighted by molar-refractivity contribution is 0.0651. The molecule has 0 bridgehead atoms. The lowest BCUT2D eigenvalue weighted by Crippen LogP contribution is -2.52. The van der Waals surface area contributed by atoms with Crippen molar-refractivity contribution in [2.45, 2.75) is 13.0 Å². The number of methoxy groups -OCH3 is 1. The van der Waals surface area contributed by atoms with Gasteiger partial charge >= 0.3 is 0 Å². The normalized spacial score (nSPS) is 17.4. The smallest absolute Gasteiger partial charge is 0.257 e. The van der Waals surface area contributed by atoms with Gasteiger partial charge in [-0.25, -0.2) is 8.78 Å². The minimum absolute atomic E-state index is 0.000593. The molecule has 1 amide bonds. The molecule has 1 heterocycles. The topological polar surface area (TPSA) is 41.6 Å². The van der Waals surface area contributed by atoms with Crippen LogP contribution in [0, 0.1) is 11.6 Å². The molecule has 2 aromatic rings. The van der Waals surface area contributed by atoms with E-state index in [2.05, 4.69) is 5.32 Å². The summed E-state index contributed by atoms with van der Waals surface area (Å²) in [5.74, 6) is -1.11. The van der Waals surface area contributed by atoms with Crippen LogP contribution in [0.15, 0.2) is 36.4 Å². The number of rotatable bonds is 3. The summed E-state index contributed by atoms with van der Waals surface area (Å²) in [6.07, 6.45) is 0. The molecule has 0 spiro atoms. The van der Waals surface area contributed by atoms with Crippen molar-refractivity contribution in [2.75, 3.05) is 26.7 Å². The van der Waals surface area contributed by atoms with Crippen molar-refractivity contribution >= 4 is 5.91 Å². The van der Waals surface area contributed by atoms with E-state index in [9.17, 15) is 13.6 Å². The average Bonchev–Trinajstić information content (AvgIpc) is 2.61. The molecule has 1 atom stereocenters. The zero-order valence-corrected chi connectivity index (χ0v) is 14.2. The first kappa shape index (κ1) is 17.4. The quantitative estimate of drug-likeness (QED) is 0.929. The molecular weight excluding hydrogens is 326 g/mol. The van der Waals surface area contributed by atoms with Crippen LogP contribution in [0.2, 0.25) is 0 Å². The number of ether oxygens (including phenoxy) is 1. The van der Waals surface area contributed by atoms with Crippen molar-refractivity contribution < 1.29 is 18.3 Å². The number of nitrogens with zero attached hydrogens (tertiary/aromatic N) is 1. The lowest BCUT2D eigenvalue weighted by atomic mass is 10.0. The number of halogens is 2. The minimum atomic E-state index is -0.650. The molecule has 3 rings (SSSR count). The average molecular weight is 346 g/mol. The van der Waals surface area contributed by atoms with Crippen LogP contribution in [0.1, 0.15) is 17.3 Å². The Morgan fingerprint density at radius 3 is 2.64 bits per heavy atom. The first-order valence-electron chi connectivity index (χ1n) is 8.16. The van der Waals surface area contributed by atoms with E-state index in [4.69, 9.17) is 4.74 Å². The summed E-state index contributed by atoms with van der Waals surface area (Å²) in [6.45, 7) is 3.83. The van der Waals surface area contributed by atoms with Crippen LogP contribution in [0.3, 0.4) is 0 Å². The van der Waals surface area contributed by atoms with Crippen molar-refractivity contribution in [3.63, 3.8) is 0 Å². The highest BCUT2D eigenvalue weighted by atomic mass is 19.1. The van der Waals surface area contributed by atoms with Gasteiger partial charge in [0.2, 0.25) is 0 Å². The highest BCUT2D eigenvalue weighted by Gasteiger charge is 2.26. The van der Waals surface area contributed by atoms with E-state index in [0.29, 0.717) is 30.9 Å². The fourth-order valence-corrected chi connectivity index (χ4v) is 3.01. The largest absolute Gasteiger partial charge is 0.497 e. The minimum Gasteiger partial charge on any atom is -0.497 e. The number of carbonyl (C=O) groups excluding carboxylic acids is 1. The molecule has 2 aromatic carbocycles.